The number of hydrogen-bond acceptors (Lipinski definition) is 9. The van der Waals surface area contributed by atoms with Crippen LogP contribution >= 0.6 is 11.3 Å². The van der Waals surface area contributed by atoms with Crippen LogP contribution < -0.4 is 10.9 Å². The molecule has 0 amide bonds. The summed E-state index contributed by atoms with van der Waals surface area (Å²) in [5.41, 5.74) is 1.73. The first-order valence-electron chi connectivity index (χ1n) is 8.09. The van der Waals surface area contributed by atoms with Gasteiger partial charge in [0, 0.05) is 17.7 Å². The van der Waals surface area contributed by atoms with Crippen molar-refractivity contribution in [2.45, 2.75) is 6.04 Å². The highest BCUT2D eigenvalue weighted by molar-refractivity contribution is 7.13. The van der Waals surface area contributed by atoms with Crippen molar-refractivity contribution < 1.29 is 4.92 Å². The van der Waals surface area contributed by atoms with Gasteiger partial charge in [-0.1, -0.05) is 11.2 Å². The molecule has 2 N–H and O–H groups in total. The first-order valence-corrected chi connectivity index (χ1v) is 8.97. The highest BCUT2D eigenvalue weighted by atomic mass is 32.1. The van der Waals surface area contributed by atoms with Gasteiger partial charge in [0.25, 0.3) is 11.2 Å². The highest BCUT2D eigenvalue weighted by Gasteiger charge is 2.34. The first-order chi connectivity index (χ1) is 13.6. The van der Waals surface area contributed by atoms with E-state index in [-0.39, 0.29) is 5.69 Å². The fourth-order valence-corrected chi connectivity index (χ4v) is 3.95. The Kier molecular flexibility index (Phi) is 3.52. The molecule has 0 bridgehead atoms. The number of nitro groups is 1. The Morgan fingerprint density at radius 1 is 1.21 bits per heavy atom. The van der Waals surface area contributed by atoms with Crippen molar-refractivity contribution in [2.24, 2.45) is 0 Å². The second kappa shape index (κ2) is 6.06. The molecule has 0 unspecified atom stereocenters. The molecule has 0 saturated heterocycles. The van der Waals surface area contributed by atoms with E-state index in [2.05, 4.69) is 31.0 Å². The third-order valence-electron chi connectivity index (χ3n) is 4.44. The lowest BCUT2D eigenvalue weighted by atomic mass is 9.94. The number of hydrogen-bond donors (Lipinski definition) is 2. The van der Waals surface area contributed by atoms with Crippen molar-refractivity contribution >= 4 is 28.7 Å². The number of anilines is 2. The lowest BCUT2D eigenvalue weighted by Gasteiger charge is -2.27. The molecule has 1 aliphatic heterocycles. The number of thiophene rings is 1. The monoisotopic (exact) mass is 394 g/mol. The molecule has 0 aliphatic carbocycles. The quantitative estimate of drug-likeness (QED) is 0.349. The van der Waals surface area contributed by atoms with Gasteiger partial charge in [-0.25, -0.2) is 5.10 Å². The molecule has 1 aliphatic rings. The van der Waals surface area contributed by atoms with Crippen molar-refractivity contribution in [1.82, 2.24) is 30.4 Å². The molecule has 1 aromatic carbocycles. The van der Waals surface area contributed by atoms with E-state index >= 15 is 0 Å². The van der Waals surface area contributed by atoms with Gasteiger partial charge >= 0.3 is 0 Å². The third kappa shape index (κ3) is 2.39. The minimum Gasteiger partial charge on any atom is -0.318 e. The van der Waals surface area contributed by atoms with Gasteiger partial charge in [0.15, 0.2) is 0 Å². The summed E-state index contributed by atoms with van der Waals surface area (Å²) in [4.78, 5) is 23.9. The van der Waals surface area contributed by atoms with Crippen molar-refractivity contribution in [3.8, 4) is 10.6 Å². The Morgan fingerprint density at radius 3 is 2.75 bits per heavy atom. The van der Waals surface area contributed by atoms with E-state index in [0.717, 1.165) is 4.88 Å². The fraction of sp³-hybridized carbons (Fsp3) is 0.0625. The van der Waals surface area contributed by atoms with Crippen molar-refractivity contribution in [3.05, 3.63) is 73.4 Å². The van der Waals surface area contributed by atoms with Crippen LogP contribution in [0.5, 0.6) is 0 Å². The Labute approximate surface area is 159 Å². The van der Waals surface area contributed by atoms with Gasteiger partial charge in [-0.15, -0.1) is 11.3 Å². The van der Waals surface area contributed by atoms with Gasteiger partial charge in [0.1, 0.15) is 17.4 Å². The molecule has 5 rings (SSSR count). The largest absolute Gasteiger partial charge is 0.318 e. The molecule has 11 nitrogen and oxygen atoms in total. The molecular weight excluding hydrogens is 384 g/mol. The van der Waals surface area contributed by atoms with Gasteiger partial charge in [-0.2, -0.15) is 9.78 Å². The average Bonchev–Trinajstić information content (AvgIpc) is 3.39. The minimum absolute atomic E-state index is 0.0302. The lowest BCUT2D eigenvalue weighted by molar-refractivity contribution is -0.384. The molecule has 12 heteroatoms. The van der Waals surface area contributed by atoms with Crippen LogP contribution in [-0.4, -0.2) is 35.3 Å². The SMILES string of the molecule is O=c1[nH]nc(-c2cccs2)c2c1Nc1nnnn1[C@@H]2c1ccc([N+](=O)[O-])cc1. The van der Waals surface area contributed by atoms with Crippen molar-refractivity contribution in [2.75, 3.05) is 5.32 Å². The molecular formula is C16H10N8O3S. The zero-order valence-corrected chi connectivity index (χ0v) is 14.8. The average molecular weight is 394 g/mol. The number of aromatic nitrogens is 6. The molecule has 4 aromatic rings. The molecule has 0 spiro atoms. The van der Waals surface area contributed by atoms with Gasteiger partial charge in [0.05, 0.1) is 9.80 Å². The molecule has 3 aromatic heterocycles. The van der Waals surface area contributed by atoms with Gasteiger partial charge in [-0.3, -0.25) is 14.9 Å². The van der Waals surface area contributed by atoms with Gasteiger partial charge < -0.3 is 5.32 Å². The number of benzene rings is 1. The Hall–Kier alpha value is -3.93. The van der Waals surface area contributed by atoms with E-state index in [1.165, 1.54) is 28.2 Å². The van der Waals surface area contributed by atoms with E-state index in [0.29, 0.717) is 28.5 Å². The molecule has 4 heterocycles. The summed E-state index contributed by atoms with van der Waals surface area (Å²) < 4.78 is 1.53. The number of rotatable bonds is 3. The topological polar surface area (TPSA) is 145 Å². The number of nitrogens with zero attached hydrogens (tertiary/aromatic N) is 6. The first kappa shape index (κ1) is 16.3. The summed E-state index contributed by atoms with van der Waals surface area (Å²) in [5, 5.41) is 34.3. The predicted octanol–water partition coefficient (Wildman–Crippen LogP) is 2.09. The van der Waals surface area contributed by atoms with E-state index in [1.807, 2.05) is 17.5 Å². The number of aromatic amines is 1. The molecule has 0 fully saturated rings. The highest BCUT2D eigenvalue weighted by Crippen LogP contribution is 2.42. The van der Waals surface area contributed by atoms with Crippen LogP contribution in [0.3, 0.4) is 0 Å². The lowest BCUT2D eigenvalue weighted by Crippen LogP contribution is -2.29. The van der Waals surface area contributed by atoms with E-state index in [1.54, 1.807) is 12.1 Å². The maximum absolute atomic E-state index is 12.5. The number of fused-ring (bicyclic) bond motifs is 2. The van der Waals surface area contributed by atoms with Crippen LogP contribution in [0.2, 0.25) is 0 Å². The van der Waals surface area contributed by atoms with Crippen LogP contribution in [0.25, 0.3) is 10.6 Å². The number of non-ortho nitro benzene ring substituents is 1. The second-order valence-electron chi connectivity index (χ2n) is 5.99. The van der Waals surface area contributed by atoms with Crippen LogP contribution in [0.15, 0.2) is 46.6 Å². The van der Waals surface area contributed by atoms with E-state index < -0.39 is 16.5 Å². The predicted molar refractivity (Wildman–Crippen MR) is 99.6 cm³/mol. The van der Waals surface area contributed by atoms with Gasteiger partial charge in [-0.05, 0) is 39.6 Å². The van der Waals surface area contributed by atoms with Crippen LogP contribution in [0.4, 0.5) is 17.3 Å². The Morgan fingerprint density at radius 2 is 2.04 bits per heavy atom. The summed E-state index contributed by atoms with van der Waals surface area (Å²) in [6, 6.07) is 9.28. The summed E-state index contributed by atoms with van der Waals surface area (Å²) in [7, 11) is 0. The van der Waals surface area contributed by atoms with E-state index in [9.17, 15) is 14.9 Å². The van der Waals surface area contributed by atoms with Crippen molar-refractivity contribution in [3.63, 3.8) is 0 Å². The number of nitrogens with one attached hydrogen (secondary N) is 2. The number of H-pyrrole nitrogens is 1. The molecule has 28 heavy (non-hydrogen) atoms. The smallest absolute Gasteiger partial charge is 0.288 e. The number of nitro benzene ring substituents is 1. The zero-order chi connectivity index (χ0) is 19.3. The summed E-state index contributed by atoms with van der Waals surface area (Å²) in [6.07, 6.45) is 0. The number of tetrazole rings is 1. The Bertz CT molecular complexity index is 1250. The maximum Gasteiger partial charge on any atom is 0.288 e. The second-order valence-corrected chi connectivity index (χ2v) is 6.94. The molecule has 0 radical (unpaired) electrons. The molecule has 138 valence electrons. The van der Waals surface area contributed by atoms with Crippen LogP contribution in [-0.2, 0) is 0 Å². The van der Waals surface area contributed by atoms with Crippen molar-refractivity contribution in [1.29, 1.82) is 0 Å². The zero-order valence-electron chi connectivity index (χ0n) is 13.9. The van der Waals surface area contributed by atoms with E-state index in [4.69, 9.17) is 0 Å². The normalized spacial score (nSPS) is 14.8. The molecule has 1 atom stereocenters. The van der Waals surface area contributed by atoms with Gasteiger partial charge in [0.2, 0.25) is 5.95 Å². The summed E-state index contributed by atoms with van der Waals surface area (Å²) in [6.45, 7) is 0. The van der Waals surface area contributed by atoms with Crippen LogP contribution in [0, 0.1) is 10.1 Å². The third-order valence-corrected chi connectivity index (χ3v) is 5.32. The molecule has 0 saturated carbocycles. The fourth-order valence-electron chi connectivity index (χ4n) is 3.23. The minimum atomic E-state index is -0.575. The maximum atomic E-state index is 12.5. The summed E-state index contributed by atoms with van der Waals surface area (Å²) >= 11 is 1.48. The summed E-state index contributed by atoms with van der Waals surface area (Å²) in [5.74, 6) is 0.296. The van der Waals surface area contributed by atoms with Crippen LogP contribution in [0.1, 0.15) is 17.2 Å². The Balaban J connectivity index is 1.78. The standard InChI is InChI=1S/C16H10N8O3S/c25-15-13-11(12(18-19-15)10-2-1-7-28-10)14(23-16(17-13)20-21-22-23)8-3-5-9(6-4-8)24(26)27/h1-7,14H,(H,19,25)(H,17,20,22)/t14-/m1/s1.